The third kappa shape index (κ3) is 2.87. The molecule has 0 heterocycles. The zero-order valence-corrected chi connectivity index (χ0v) is 8.49. The molecule has 0 aliphatic rings. The number of aliphatic imine (C=N–C) groups is 1. The van der Waals surface area contributed by atoms with Crippen LogP contribution in [-0.2, 0) is 4.57 Å². The van der Waals surface area contributed by atoms with Gasteiger partial charge < -0.3 is 4.89 Å². The van der Waals surface area contributed by atoms with Gasteiger partial charge in [-0.25, -0.2) is 4.99 Å². The largest absolute Gasteiger partial charge is 0.345 e. The molecular formula is C8H8NO2PS. The quantitative estimate of drug-likeness (QED) is 0.476. The molecule has 0 spiro atoms. The third-order valence-corrected chi connectivity index (χ3v) is 2.57. The SMILES string of the molecule is O=[PH](O)C(N=C=S)c1ccccc1. The monoisotopic (exact) mass is 213 g/mol. The molecule has 1 rings (SSSR count). The van der Waals surface area contributed by atoms with E-state index in [0.29, 0.717) is 5.56 Å². The molecule has 0 saturated carbocycles. The second-order valence-corrected chi connectivity index (χ2v) is 3.78. The molecule has 3 nitrogen and oxygen atoms in total. The van der Waals surface area contributed by atoms with Crippen LogP contribution in [0.3, 0.4) is 0 Å². The second kappa shape index (κ2) is 5.05. The fourth-order valence-electron chi connectivity index (χ4n) is 0.960. The summed E-state index contributed by atoms with van der Waals surface area (Å²) < 4.78 is 10.9. The van der Waals surface area contributed by atoms with Gasteiger partial charge in [0.15, 0.2) is 5.78 Å². The average molecular weight is 213 g/mol. The van der Waals surface area contributed by atoms with Crippen molar-refractivity contribution >= 4 is 25.4 Å². The molecule has 2 unspecified atom stereocenters. The van der Waals surface area contributed by atoms with E-state index >= 15 is 0 Å². The first-order chi connectivity index (χ1) is 6.25. The summed E-state index contributed by atoms with van der Waals surface area (Å²) in [4.78, 5) is 12.6. The average Bonchev–Trinajstić information content (AvgIpc) is 2.15. The van der Waals surface area contributed by atoms with Crippen LogP contribution >= 0.6 is 20.2 Å². The highest BCUT2D eigenvalue weighted by atomic mass is 32.1. The van der Waals surface area contributed by atoms with Gasteiger partial charge in [-0.15, -0.1) is 0 Å². The van der Waals surface area contributed by atoms with E-state index in [0.717, 1.165) is 0 Å². The summed E-state index contributed by atoms with van der Waals surface area (Å²) in [7, 11) is -2.73. The van der Waals surface area contributed by atoms with Gasteiger partial charge in [0.2, 0.25) is 8.03 Å². The standard InChI is InChI=1S/C8H8NO2PS/c10-12(11)8(9-6-13)7-4-2-1-3-5-7/h1-5,8,12H,(H,10,11). The molecular weight excluding hydrogens is 205 g/mol. The van der Waals surface area contributed by atoms with E-state index in [9.17, 15) is 4.57 Å². The van der Waals surface area contributed by atoms with E-state index in [4.69, 9.17) is 4.89 Å². The summed E-state index contributed by atoms with van der Waals surface area (Å²) in [5.74, 6) is -0.747. The number of hydrogen-bond donors (Lipinski definition) is 1. The van der Waals surface area contributed by atoms with Crippen molar-refractivity contribution in [1.29, 1.82) is 0 Å². The topological polar surface area (TPSA) is 49.7 Å². The maximum atomic E-state index is 10.9. The van der Waals surface area contributed by atoms with Crippen molar-refractivity contribution in [2.75, 3.05) is 0 Å². The lowest BCUT2D eigenvalue weighted by molar-refractivity contribution is 0.492. The van der Waals surface area contributed by atoms with Gasteiger partial charge >= 0.3 is 0 Å². The van der Waals surface area contributed by atoms with E-state index < -0.39 is 13.8 Å². The van der Waals surface area contributed by atoms with Crippen LogP contribution in [0.2, 0.25) is 0 Å². The zero-order valence-electron chi connectivity index (χ0n) is 6.68. The van der Waals surface area contributed by atoms with Crippen molar-refractivity contribution in [3.63, 3.8) is 0 Å². The maximum absolute atomic E-state index is 10.9. The Kier molecular flexibility index (Phi) is 4.00. The van der Waals surface area contributed by atoms with Crippen molar-refractivity contribution in [3.8, 4) is 0 Å². The summed E-state index contributed by atoms with van der Waals surface area (Å²) in [6.07, 6.45) is 0. The summed E-state index contributed by atoms with van der Waals surface area (Å²) in [5.41, 5.74) is 0.686. The predicted octanol–water partition coefficient (Wildman–Crippen LogP) is 2.25. The molecule has 0 bridgehead atoms. The number of hydrogen-bond acceptors (Lipinski definition) is 3. The predicted molar refractivity (Wildman–Crippen MR) is 55.4 cm³/mol. The van der Waals surface area contributed by atoms with Gasteiger partial charge in [-0.05, 0) is 17.8 Å². The first-order valence-electron chi connectivity index (χ1n) is 3.60. The number of isothiocyanates is 1. The summed E-state index contributed by atoms with van der Waals surface area (Å²) in [5, 5.41) is 2.12. The molecule has 5 heteroatoms. The van der Waals surface area contributed by atoms with E-state index in [1.165, 1.54) is 0 Å². The molecule has 0 fully saturated rings. The van der Waals surface area contributed by atoms with E-state index in [1.807, 2.05) is 6.07 Å². The van der Waals surface area contributed by atoms with Crippen LogP contribution in [0.5, 0.6) is 0 Å². The summed E-state index contributed by atoms with van der Waals surface area (Å²) in [6, 6.07) is 8.87. The number of thiocarbonyl (C=S) groups is 1. The number of nitrogens with zero attached hydrogens (tertiary/aromatic N) is 1. The van der Waals surface area contributed by atoms with Crippen molar-refractivity contribution in [3.05, 3.63) is 35.9 Å². The van der Waals surface area contributed by atoms with Gasteiger partial charge in [-0.3, -0.25) is 4.57 Å². The summed E-state index contributed by atoms with van der Waals surface area (Å²) in [6.45, 7) is 0. The molecule has 2 atom stereocenters. The Morgan fingerprint density at radius 3 is 2.54 bits per heavy atom. The van der Waals surface area contributed by atoms with Gasteiger partial charge in [0.25, 0.3) is 0 Å². The molecule has 1 aromatic carbocycles. The minimum Gasteiger partial charge on any atom is -0.345 e. The molecule has 13 heavy (non-hydrogen) atoms. The molecule has 68 valence electrons. The fraction of sp³-hybridized carbons (Fsp3) is 0.125. The molecule has 0 aliphatic heterocycles. The summed E-state index contributed by atoms with van der Waals surface area (Å²) >= 11 is 4.40. The molecule has 0 radical (unpaired) electrons. The Morgan fingerprint density at radius 2 is 2.08 bits per heavy atom. The van der Waals surface area contributed by atoms with Crippen LogP contribution in [0.4, 0.5) is 0 Å². The van der Waals surface area contributed by atoms with Gasteiger partial charge in [-0.2, -0.15) is 0 Å². The van der Waals surface area contributed by atoms with E-state index in [-0.39, 0.29) is 0 Å². The van der Waals surface area contributed by atoms with E-state index in [1.54, 1.807) is 24.3 Å². The lowest BCUT2D eigenvalue weighted by atomic mass is 10.2. The fourth-order valence-corrected chi connectivity index (χ4v) is 1.81. The van der Waals surface area contributed by atoms with Crippen LogP contribution in [0.15, 0.2) is 35.3 Å². The van der Waals surface area contributed by atoms with E-state index in [2.05, 4.69) is 22.4 Å². The Morgan fingerprint density at radius 1 is 1.46 bits per heavy atom. The first-order valence-corrected chi connectivity index (χ1v) is 5.44. The van der Waals surface area contributed by atoms with Crippen molar-refractivity contribution in [2.45, 2.75) is 5.78 Å². The third-order valence-electron chi connectivity index (χ3n) is 1.53. The van der Waals surface area contributed by atoms with Gasteiger partial charge in [0, 0.05) is 0 Å². The Hall–Kier alpha value is -0.790. The lowest BCUT2D eigenvalue weighted by Gasteiger charge is -2.05. The maximum Gasteiger partial charge on any atom is 0.218 e. The van der Waals surface area contributed by atoms with Crippen LogP contribution in [-0.4, -0.2) is 10.1 Å². The van der Waals surface area contributed by atoms with Gasteiger partial charge in [0.05, 0.1) is 5.16 Å². The zero-order chi connectivity index (χ0) is 9.68. The smallest absolute Gasteiger partial charge is 0.218 e. The normalized spacial score (nSPS) is 14.2. The van der Waals surface area contributed by atoms with Crippen molar-refractivity contribution in [1.82, 2.24) is 0 Å². The van der Waals surface area contributed by atoms with Crippen LogP contribution in [0.25, 0.3) is 0 Å². The highest BCUT2D eigenvalue weighted by molar-refractivity contribution is 7.78. The number of rotatable bonds is 3. The van der Waals surface area contributed by atoms with Crippen LogP contribution in [0.1, 0.15) is 11.3 Å². The van der Waals surface area contributed by atoms with Crippen molar-refractivity contribution < 1.29 is 9.46 Å². The Labute approximate surface area is 82.0 Å². The number of benzene rings is 1. The highest BCUT2D eigenvalue weighted by Crippen LogP contribution is 2.37. The molecule has 0 saturated heterocycles. The molecule has 0 amide bonds. The molecule has 1 aromatic rings. The minimum atomic E-state index is -2.73. The van der Waals surface area contributed by atoms with Gasteiger partial charge in [-0.1, -0.05) is 30.3 Å². The van der Waals surface area contributed by atoms with Crippen molar-refractivity contribution in [2.24, 2.45) is 4.99 Å². The Bertz CT molecular complexity index is 346. The molecule has 0 aliphatic carbocycles. The van der Waals surface area contributed by atoms with Gasteiger partial charge in [0.1, 0.15) is 0 Å². The van der Waals surface area contributed by atoms with Crippen LogP contribution in [0, 0.1) is 0 Å². The van der Waals surface area contributed by atoms with Crippen LogP contribution < -0.4 is 0 Å². The Balaban J connectivity index is 3.02. The minimum absolute atomic E-state index is 0.686. The molecule has 1 N–H and O–H groups in total. The highest BCUT2D eigenvalue weighted by Gasteiger charge is 2.14. The first kappa shape index (κ1) is 10.3. The molecule has 0 aromatic heterocycles. The second-order valence-electron chi connectivity index (χ2n) is 2.37. The lowest BCUT2D eigenvalue weighted by Crippen LogP contribution is -1.88.